The molecule has 3 rings (SSSR count). The highest BCUT2D eigenvalue weighted by Gasteiger charge is 2.32. The van der Waals surface area contributed by atoms with Crippen LogP contribution < -0.4 is 10.6 Å². The van der Waals surface area contributed by atoms with Crippen LogP contribution in [0.25, 0.3) is 0 Å². The van der Waals surface area contributed by atoms with Gasteiger partial charge in [-0.2, -0.15) is 0 Å². The van der Waals surface area contributed by atoms with Crippen molar-refractivity contribution in [2.24, 2.45) is 0 Å². The summed E-state index contributed by atoms with van der Waals surface area (Å²) in [5, 5.41) is 26.5. The number of nitrogens with one attached hydrogen (secondary N) is 2. The van der Waals surface area contributed by atoms with Crippen molar-refractivity contribution in [1.82, 2.24) is 5.32 Å². The highest BCUT2D eigenvalue weighted by molar-refractivity contribution is 6.04. The lowest BCUT2D eigenvalue weighted by Gasteiger charge is -2.25. The van der Waals surface area contributed by atoms with Crippen LogP contribution in [-0.2, 0) is 6.54 Å². The first-order chi connectivity index (χ1) is 13.4. The zero-order chi connectivity index (χ0) is 20.0. The van der Waals surface area contributed by atoms with Gasteiger partial charge in [-0.15, -0.1) is 0 Å². The maximum Gasteiger partial charge on any atom is 0.255 e. The van der Waals surface area contributed by atoms with Gasteiger partial charge >= 0.3 is 0 Å². The third kappa shape index (κ3) is 5.86. The molecule has 1 saturated carbocycles. The number of aliphatic hydroxyl groups excluding tert-OH is 1. The van der Waals surface area contributed by atoms with E-state index in [1.165, 1.54) is 24.3 Å². The third-order valence-electron chi connectivity index (χ3n) is 5.15. The first-order valence-electron chi connectivity index (χ1n) is 9.71. The summed E-state index contributed by atoms with van der Waals surface area (Å²) < 4.78 is 13.0. The monoisotopic (exact) mass is 386 g/mol. The Kier molecular flexibility index (Phi) is 6.78. The molecule has 0 aliphatic heterocycles. The molecule has 2 aromatic carbocycles. The smallest absolute Gasteiger partial charge is 0.255 e. The Hall–Kier alpha value is -2.28. The fraction of sp³-hybridized carbons (Fsp3) is 0.409. The van der Waals surface area contributed by atoms with Crippen molar-refractivity contribution in [2.45, 2.75) is 50.4 Å². The van der Waals surface area contributed by atoms with E-state index < -0.39 is 11.7 Å². The van der Waals surface area contributed by atoms with Crippen molar-refractivity contribution >= 4 is 11.6 Å². The van der Waals surface area contributed by atoms with Crippen LogP contribution in [0, 0.1) is 5.82 Å². The molecule has 6 heteroatoms. The Morgan fingerprint density at radius 3 is 2.57 bits per heavy atom. The lowest BCUT2D eigenvalue weighted by molar-refractivity contribution is -0.00484. The second-order valence-electron chi connectivity index (χ2n) is 7.58. The average Bonchev–Trinajstić information content (AvgIpc) is 3.08. The highest BCUT2D eigenvalue weighted by Crippen LogP contribution is 2.33. The molecule has 0 radical (unpaired) electrons. The molecule has 0 aromatic heterocycles. The quantitative estimate of drug-likeness (QED) is 0.562. The second-order valence-corrected chi connectivity index (χ2v) is 7.58. The summed E-state index contributed by atoms with van der Waals surface area (Å²) in [6.45, 7) is 0.935. The predicted molar refractivity (Wildman–Crippen MR) is 107 cm³/mol. The van der Waals surface area contributed by atoms with Crippen molar-refractivity contribution in [2.75, 3.05) is 11.9 Å². The Balaban J connectivity index is 1.47. The molecule has 2 aromatic rings. The summed E-state index contributed by atoms with van der Waals surface area (Å²) in [5.74, 6) is -0.683. The molecule has 0 spiro atoms. The third-order valence-corrected chi connectivity index (χ3v) is 5.15. The topological polar surface area (TPSA) is 81.6 Å². The molecule has 5 nitrogen and oxygen atoms in total. The van der Waals surface area contributed by atoms with Crippen molar-refractivity contribution < 1.29 is 19.4 Å². The molecule has 1 unspecified atom stereocenters. The minimum absolute atomic E-state index is 0.301. The zero-order valence-corrected chi connectivity index (χ0v) is 15.8. The fourth-order valence-electron chi connectivity index (χ4n) is 3.69. The largest absolute Gasteiger partial charge is 0.392 e. The SMILES string of the molecule is O=C(Nc1cccc(CNCC(O)CC2(O)CCCC2)c1)c1ccc(F)cc1. The molecule has 0 heterocycles. The van der Waals surface area contributed by atoms with Gasteiger partial charge in [0, 0.05) is 30.8 Å². The van der Waals surface area contributed by atoms with Crippen LogP contribution in [0.5, 0.6) is 0 Å². The number of hydrogen-bond donors (Lipinski definition) is 4. The van der Waals surface area contributed by atoms with Crippen molar-refractivity contribution in [3.63, 3.8) is 0 Å². The van der Waals surface area contributed by atoms with E-state index in [0.717, 1.165) is 31.2 Å². The number of anilines is 1. The maximum atomic E-state index is 13.0. The van der Waals surface area contributed by atoms with Crippen LogP contribution in [0.15, 0.2) is 48.5 Å². The molecular formula is C22H27FN2O3. The van der Waals surface area contributed by atoms with Crippen molar-refractivity contribution in [3.8, 4) is 0 Å². The molecule has 28 heavy (non-hydrogen) atoms. The van der Waals surface area contributed by atoms with E-state index in [-0.39, 0.29) is 11.7 Å². The van der Waals surface area contributed by atoms with Gasteiger partial charge in [0.25, 0.3) is 5.91 Å². The number of rotatable bonds is 8. The van der Waals surface area contributed by atoms with Gasteiger partial charge in [0.1, 0.15) is 5.82 Å². The minimum Gasteiger partial charge on any atom is -0.392 e. The molecule has 4 N–H and O–H groups in total. The molecule has 1 fully saturated rings. The predicted octanol–water partition coefficient (Wildman–Crippen LogP) is 3.22. The number of carbonyl (C=O) groups excluding carboxylic acids is 1. The van der Waals surface area contributed by atoms with Gasteiger partial charge in [0.15, 0.2) is 0 Å². The molecule has 1 aliphatic carbocycles. The molecule has 1 amide bonds. The number of amides is 1. The van der Waals surface area contributed by atoms with Gasteiger partial charge in [-0.1, -0.05) is 25.0 Å². The highest BCUT2D eigenvalue weighted by atomic mass is 19.1. The van der Waals surface area contributed by atoms with E-state index in [1.54, 1.807) is 6.07 Å². The summed E-state index contributed by atoms with van der Waals surface area (Å²) >= 11 is 0. The average molecular weight is 386 g/mol. The Labute approximate surface area is 164 Å². The number of hydrogen-bond acceptors (Lipinski definition) is 4. The zero-order valence-electron chi connectivity index (χ0n) is 15.8. The van der Waals surface area contributed by atoms with Gasteiger partial charge in [0.2, 0.25) is 0 Å². The summed E-state index contributed by atoms with van der Waals surface area (Å²) in [5.41, 5.74) is 1.28. The van der Waals surface area contributed by atoms with Crippen LogP contribution >= 0.6 is 0 Å². The van der Waals surface area contributed by atoms with Crippen LogP contribution in [0.2, 0.25) is 0 Å². The summed E-state index contributed by atoms with van der Waals surface area (Å²) in [6.07, 6.45) is 3.37. The summed E-state index contributed by atoms with van der Waals surface area (Å²) in [4.78, 5) is 12.2. The van der Waals surface area contributed by atoms with Gasteiger partial charge in [-0.05, 0) is 54.8 Å². The Morgan fingerprint density at radius 1 is 1.14 bits per heavy atom. The Morgan fingerprint density at radius 2 is 1.86 bits per heavy atom. The van der Waals surface area contributed by atoms with Crippen molar-refractivity contribution in [1.29, 1.82) is 0 Å². The lowest BCUT2D eigenvalue weighted by atomic mass is 9.94. The summed E-state index contributed by atoms with van der Waals surface area (Å²) in [7, 11) is 0. The molecule has 0 bridgehead atoms. The first kappa shape index (κ1) is 20.5. The number of benzene rings is 2. The van der Waals surface area contributed by atoms with E-state index >= 15 is 0 Å². The number of carbonyl (C=O) groups is 1. The van der Waals surface area contributed by atoms with Crippen LogP contribution in [0.3, 0.4) is 0 Å². The normalized spacial score (nSPS) is 16.7. The lowest BCUT2D eigenvalue weighted by Crippen LogP contribution is -2.35. The van der Waals surface area contributed by atoms with E-state index in [2.05, 4.69) is 10.6 Å². The van der Waals surface area contributed by atoms with Crippen molar-refractivity contribution in [3.05, 3.63) is 65.5 Å². The minimum atomic E-state index is -0.717. The van der Waals surface area contributed by atoms with Gasteiger partial charge in [0.05, 0.1) is 11.7 Å². The standard InChI is InChI=1S/C22H27FN2O3/c23-18-8-6-17(7-9-18)21(27)25-19-5-3-4-16(12-19)14-24-15-20(26)13-22(28)10-1-2-11-22/h3-9,12,20,24,26,28H,1-2,10-11,13-15H2,(H,25,27). The number of aliphatic hydroxyl groups is 2. The molecule has 150 valence electrons. The van der Waals surface area contributed by atoms with Crippen LogP contribution in [-0.4, -0.2) is 34.4 Å². The van der Waals surface area contributed by atoms with Gasteiger partial charge in [-0.25, -0.2) is 4.39 Å². The summed E-state index contributed by atoms with van der Waals surface area (Å²) in [6, 6.07) is 12.8. The molecule has 1 aliphatic rings. The number of halogens is 1. The molecule has 0 saturated heterocycles. The van der Waals surface area contributed by atoms with E-state index in [4.69, 9.17) is 0 Å². The van der Waals surface area contributed by atoms with Crippen LogP contribution in [0.1, 0.15) is 48.0 Å². The fourth-order valence-corrected chi connectivity index (χ4v) is 3.69. The first-order valence-corrected chi connectivity index (χ1v) is 9.71. The maximum absolute atomic E-state index is 13.0. The van der Waals surface area contributed by atoms with Gasteiger partial charge < -0.3 is 20.8 Å². The molecular weight excluding hydrogens is 359 g/mol. The van der Waals surface area contributed by atoms with E-state index in [0.29, 0.717) is 30.8 Å². The van der Waals surface area contributed by atoms with Gasteiger partial charge in [-0.3, -0.25) is 4.79 Å². The van der Waals surface area contributed by atoms with E-state index in [9.17, 15) is 19.4 Å². The Bertz CT molecular complexity index is 789. The van der Waals surface area contributed by atoms with Crippen LogP contribution in [0.4, 0.5) is 10.1 Å². The molecule has 1 atom stereocenters. The van der Waals surface area contributed by atoms with E-state index in [1.807, 2.05) is 18.2 Å². The second kappa shape index (κ2) is 9.28.